The molecule has 19 heavy (non-hydrogen) atoms. The third-order valence-corrected chi connectivity index (χ3v) is 2.58. The van der Waals surface area contributed by atoms with Crippen LogP contribution in [0.4, 0.5) is 4.39 Å². The fraction of sp³-hybridized carbons (Fsp3) is 0.500. The fourth-order valence-electron chi connectivity index (χ4n) is 1.54. The van der Waals surface area contributed by atoms with Crippen LogP contribution in [0.15, 0.2) is 24.3 Å². The number of hydrogen-bond donors (Lipinski definition) is 2. The molecule has 0 aliphatic heterocycles. The molecule has 1 amide bonds. The molecule has 0 aliphatic carbocycles. The fourth-order valence-corrected chi connectivity index (χ4v) is 1.54. The van der Waals surface area contributed by atoms with Crippen LogP contribution in [0.1, 0.15) is 25.7 Å². The lowest BCUT2D eigenvalue weighted by Crippen LogP contribution is -2.25. The van der Waals surface area contributed by atoms with E-state index in [0.29, 0.717) is 38.3 Å². The Morgan fingerprint density at radius 3 is 2.63 bits per heavy atom. The summed E-state index contributed by atoms with van der Waals surface area (Å²) >= 11 is 0. The average molecular weight is 268 g/mol. The normalized spacial score (nSPS) is 10.2. The van der Waals surface area contributed by atoms with Crippen LogP contribution in [0.5, 0.6) is 5.75 Å². The number of carbonyl (C=O) groups is 1. The topological polar surface area (TPSA) is 64.3 Å². The third kappa shape index (κ3) is 7.41. The van der Waals surface area contributed by atoms with Gasteiger partial charge < -0.3 is 15.8 Å². The van der Waals surface area contributed by atoms with Crippen molar-refractivity contribution in [3.8, 4) is 5.75 Å². The minimum atomic E-state index is -0.288. The van der Waals surface area contributed by atoms with Crippen LogP contribution in [0.25, 0.3) is 0 Å². The molecule has 0 saturated carbocycles. The molecule has 3 N–H and O–H groups in total. The van der Waals surface area contributed by atoms with Gasteiger partial charge in [0.05, 0.1) is 6.61 Å². The van der Waals surface area contributed by atoms with Crippen molar-refractivity contribution in [2.24, 2.45) is 5.73 Å². The molecule has 1 aromatic rings. The van der Waals surface area contributed by atoms with E-state index in [9.17, 15) is 9.18 Å². The second-order valence-corrected chi connectivity index (χ2v) is 4.25. The van der Waals surface area contributed by atoms with Gasteiger partial charge in [0.15, 0.2) is 0 Å². The zero-order valence-corrected chi connectivity index (χ0v) is 11.0. The molecule has 0 atom stereocenters. The number of nitrogens with one attached hydrogen (secondary N) is 1. The van der Waals surface area contributed by atoms with E-state index in [1.165, 1.54) is 12.1 Å². The Balaban J connectivity index is 2.03. The summed E-state index contributed by atoms with van der Waals surface area (Å²) in [7, 11) is 0. The van der Waals surface area contributed by atoms with Crippen LogP contribution in [0.2, 0.25) is 0 Å². The van der Waals surface area contributed by atoms with Crippen LogP contribution in [0.3, 0.4) is 0 Å². The van der Waals surface area contributed by atoms with E-state index in [2.05, 4.69) is 5.32 Å². The molecule has 106 valence electrons. The molecule has 0 spiro atoms. The van der Waals surface area contributed by atoms with Gasteiger partial charge in [-0.15, -0.1) is 0 Å². The van der Waals surface area contributed by atoms with Gasteiger partial charge in [0.2, 0.25) is 5.91 Å². The number of benzene rings is 1. The minimum absolute atomic E-state index is 0.0275. The van der Waals surface area contributed by atoms with Crippen LogP contribution in [0, 0.1) is 5.82 Å². The van der Waals surface area contributed by atoms with E-state index in [1.807, 2.05) is 0 Å². The van der Waals surface area contributed by atoms with Crippen molar-refractivity contribution in [3.63, 3.8) is 0 Å². The zero-order chi connectivity index (χ0) is 13.9. The highest BCUT2D eigenvalue weighted by Crippen LogP contribution is 2.11. The smallest absolute Gasteiger partial charge is 0.220 e. The first-order valence-corrected chi connectivity index (χ1v) is 6.57. The molecular formula is C14H21FN2O2. The summed E-state index contributed by atoms with van der Waals surface area (Å²) in [6.07, 6.45) is 2.91. The number of hydrogen-bond acceptors (Lipinski definition) is 3. The monoisotopic (exact) mass is 268 g/mol. The Labute approximate surface area is 113 Å². The Morgan fingerprint density at radius 2 is 1.95 bits per heavy atom. The van der Waals surface area contributed by atoms with Crippen molar-refractivity contribution in [1.82, 2.24) is 5.32 Å². The van der Waals surface area contributed by atoms with Crippen LogP contribution in [-0.4, -0.2) is 25.6 Å². The highest BCUT2D eigenvalue weighted by molar-refractivity contribution is 5.75. The summed E-state index contributed by atoms with van der Waals surface area (Å²) in [6.45, 7) is 1.78. The van der Waals surface area contributed by atoms with Gasteiger partial charge in [-0.3, -0.25) is 4.79 Å². The van der Waals surface area contributed by atoms with Gasteiger partial charge in [-0.25, -0.2) is 4.39 Å². The molecule has 0 unspecified atom stereocenters. The minimum Gasteiger partial charge on any atom is -0.494 e. The van der Waals surface area contributed by atoms with Crippen molar-refractivity contribution < 1.29 is 13.9 Å². The van der Waals surface area contributed by atoms with E-state index in [4.69, 9.17) is 10.5 Å². The Kier molecular flexibility index (Phi) is 7.58. The molecule has 4 nitrogen and oxygen atoms in total. The van der Waals surface area contributed by atoms with Gasteiger partial charge in [0.1, 0.15) is 11.6 Å². The van der Waals surface area contributed by atoms with Crippen molar-refractivity contribution in [1.29, 1.82) is 0 Å². The van der Waals surface area contributed by atoms with Gasteiger partial charge in [0, 0.05) is 13.0 Å². The van der Waals surface area contributed by atoms with Gasteiger partial charge in [0.25, 0.3) is 0 Å². The molecule has 0 heterocycles. The summed E-state index contributed by atoms with van der Waals surface area (Å²) in [5.41, 5.74) is 5.36. The molecule has 0 aromatic heterocycles. The number of halogens is 1. The molecule has 0 bridgehead atoms. The number of amides is 1. The van der Waals surface area contributed by atoms with E-state index in [0.717, 1.165) is 12.8 Å². The van der Waals surface area contributed by atoms with Crippen molar-refractivity contribution in [2.45, 2.75) is 25.7 Å². The largest absolute Gasteiger partial charge is 0.494 e. The van der Waals surface area contributed by atoms with Crippen LogP contribution < -0.4 is 15.8 Å². The molecule has 0 saturated heterocycles. The van der Waals surface area contributed by atoms with Crippen molar-refractivity contribution >= 4 is 5.91 Å². The second kappa shape index (κ2) is 9.33. The maximum Gasteiger partial charge on any atom is 0.220 e. The lowest BCUT2D eigenvalue weighted by molar-refractivity contribution is -0.121. The Morgan fingerprint density at radius 1 is 1.21 bits per heavy atom. The number of carbonyl (C=O) groups excluding carboxylic acids is 1. The van der Waals surface area contributed by atoms with Crippen molar-refractivity contribution in [2.75, 3.05) is 19.7 Å². The van der Waals surface area contributed by atoms with Crippen LogP contribution in [-0.2, 0) is 4.79 Å². The quantitative estimate of drug-likeness (QED) is 0.672. The summed E-state index contributed by atoms with van der Waals surface area (Å²) in [5.74, 6) is 0.355. The van der Waals surface area contributed by atoms with Gasteiger partial charge in [-0.1, -0.05) is 0 Å². The maximum atomic E-state index is 12.6. The number of ether oxygens (including phenoxy) is 1. The molecule has 1 rings (SSSR count). The molecule has 0 fully saturated rings. The van der Waals surface area contributed by atoms with E-state index >= 15 is 0 Å². The van der Waals surface area contributed by atoms with E-state index in [-0.39, 0.29) is 11.7 Å². The highest BCUT2D eigenvalue weighted by atomic mass is 19.1. The molecule has 0 radical (unpaired) electrons. The lowest BCUT2D eigenvalue weighted by atomic mass is 10.3. The predicted molar refractivity (Wildman–Crippen MR) is 72.4 cm³/mol. The Hall–Kier alpha value is -1.62. The van der Waals surface area contributed by atoms with Gasteiger partial charge in [-0.2, -0.15) is 0 Å². The summed E-state index contributed by atoms with van der Waals surface area (Å²) < 4.78 is 18.0. The molecular weight excluding hydrogens is 247 g/mol. The third-order valence-electron chi connectivity index (χ3n) is 2.58. The van der Waals surface area contributed by atoms with Crippen molar-refractivity contribution in [3.05, 3.63) is 30.1 Å². The van der Waals surface area contributed by atoms with E-state index in [1.54, 1.807) is 12.1 Å². The van der Waals surface area contributed by atoms with Gasteiger partial charge in [-0.05, 0) is 50.1 Å². The first kappa shape index (κ1) is 15.4. The summed E-state index contributed by atoms with van der Waals surface area (Å²) in [5, 5.41) is 2.82. The SMILES string of the molecule is NCCCCNC(=O)CCCOc1ccc(F)cc1. The number of rotatable bonds is 9. The van der Waals surface area contributed by atoms with E-state index < -0.39 is 0 Å². The highest BCUT2D eigenvalue weighted by Gasteiger charge is 2.01. The molecule has 5 heteroatoms. The Bertz CT molecular complexity index is 368. The standard InChI is InChI=1S/C14H21FN2O2/c15-12-5-7-13(8-6-12)19-11-3-4-14(18)17-10-2-1-9-16/h5-8H,1-4,9-11,16H2,(H,17,18). The number of nitrogens with two attached hydrogens (primary N) is 1. The predicted octanol–water partition coefficient (Wildman–Crippen LogP) is 1.84. The second-order valence-electron chi connectivity index (χ2n) is 4.25. The van der Waals surface area contributed by atoms with Crippen LogP contribution >= 0.6 is 0 Å². The maximum absolute atomic E-state index is 12.6. The first-order chi connectivity index (χ1) is 9.22. The summed E-state index contributed by atoms with van der Waals surface area (Å²) in [4.78, 5) is 11.4. The zero-order valence-electron chi connectivity index (χ0n) is 11.0. The number of unbranched alkanes of at least 4 members (excludes halogenated alkanes) is 1. The molecule has 1 aromatic carbocycles. The lowest BCUT2D eigenvalue weighted by Gasteiger charge is -2.06. The molecule has 0 aliphatic rings. The average Bonchev–Trinajstić information content (AvgIpc) is 2.42. The summed E-state index contributed by atoms with van der Waals surface area (Å²) in [6, 6.07) is 5.84. The van der Waals surface area contributed by atoms with Gasteiger partial charge >= 0.3 is 0 Å². The first-order valence-electron chi connectivity index (χ1n) is 6.57.